The highest BCUT2D eigenvalue weighted by molar-refractivity contribution is 5.91. The Kier molecular flexibility index (Phi) is 6.85. The van der Waals surface area contributed by atoms with Gasteiger partial charge in [0.05, 0.1) is 6.61 Å². The number of benzene rings is 3. The van der Waals surface area contributed by atoms with Crippen molar-refractivity contribution in [2.75, 3.05) is 19.0 Å². The fraction of sp³-hybridized carbons (Fsp3) is 0.250. The molecule has 0 unspecified atom stereocenters. The average molecular weight is 390 g/mol. The maximum atomic E-state index is 12.2. The van der Waals surface area contributed by atoms with Crippen molar-refractivity contribution in [2.24, 2.45) is 0 Å². The zero-order valence-electron chi connectivity index (χ0n) is 16.9. The van der Waals surface area contributed by atoms with Gasteiger partial charge in [0.1, 0.15) is 5.75 Å². The lowest BCUT2D eigenvalue weighted by atomic mass is 10.1. The summed E-state index contributed by atoms with van der Waals surface area (Å²) in [5, 5.41) is 5.13. The van der Waals surface area contributed by atoms with Gasteiger partial charge in [-0.25, -0.2) is 0 Å². The van der Waals surface area contributed by atoms with Crippen LogP contribution in [0.25, 0.3) is 10.8 Å². The highest BCUT2D eigenvalue weighted by Crippen LogP contribution is 2.25. The second-order valence-electron chi connectivity index (χ2n) is 7.05. The molecule has 0 bridgehead atoms. The number of anilines is 1. The minimum absolute atomic E-state index is 0.00522. The van der Waals surface area contributed by atoms with E-state index in [1.165, 1.54) is 6.92 Å². The summed E-state index contributed by atoms with van der Waals surface area (Å²) < 4.78 is 5.89. The van der Waals surface area contributed by atoms with Crippen LogP contribution in [0.5, 0.6) is 5.75 Å². The van der Waals surface area contributed by atoms with Gasteiger partial charge in [0.25, 0.3) is 0 Å². The number of carbonyl (C=O) groups is 2. The van der Waals surface area contributed by atoms with Gasteiger partial charge < -0.3 is 15.0 Å². The van der Waals surface area contributed by atoms with E-state index in [0.29, 0.717) is 26.0 Å². The van der Waals surface area contributed by atoms with E-state index < -0.39 is 0 Å². The fourth-order valence-electron chi connectivity index (χ4n) is 3.09. The van der Waals surface area contributed by atoms with Crippen LogP contribution in [-0.2, 0) is 16.1 Å². The Hall–Kier alpha value is -3.34. The van der Waals surface area contributed by atoms with Gasteiger partial charge >= 0.3 is 0 Å². The van der Waals surface area contributed by atoms with E-state index in [4.69, 9.17) is 4.74 Å². The molecule has 0 fully saturated rings. The second kappa shape index (κ2) is 9.73. The predicted molar refractivity (Wildman–Crippen MR) is 116 cm³/mol. The first-order valence-corrected chi connectivity index (χ1v) is 9.74. The minimum atomic E-state index is -0.0522. The van der Waals surface area contributed by atoms with Gasteiger partial charge in [-0.15, -0.1) is 0 Å². The van der Waals surface area contributed by atoms with E-state index in [1.54, 1.807) is 11.9 Å². The van der Waals surface area contributed by atoms with Crippen LogP contribution >= 0.6 is 0 Å². The van der Waals surface area contributed by atoms with Crippen LogP contribution in [0.15, 0.2) is 66.7 Å². The molecule has 5 nitrogen and oxygen atoms in total. The second-order valence-corrected chi connectivity index (χ2v) is 7.05. The molecule has 2 amide bonds. The molecule has 29 heavy (non-hydrogen) atoms. The summed E-state index contributed by atoms with van der Waals surface area (Å²) in [6.07, 6.45) is 1.00. The maximum Gasteiger partial charge on any atom is 0.224 e. The molecule has 3 rings (SSSR count). The predicted octanol–water partition coefficient (Wildman–Crippen LogP) is 4.62. The molecule has 0 aliphatic rings. The van der Waals surface area contributed by atoms with Crippen molar-refractivity contribution in [3.8, 4) is 5.75 Å². The lowest BCUT2D eigenvalue weighted by molar-refractivity contribution is -0.128. The van der Waals surface area contributed by atoms with Gasteiger partial charge in [0.15, 0.2) is 0 Å². The summed E-state index contributed by atoms with van der Waals surface area (Å²) in [4.78, 5) is 25.3. The van der Waals surface area contributed by atoms with Crippen molar-refractivity contribution in [1.29, 1.82) is 0 Å². The SMILES string of the molecule is CC(=O)N(C)Cc1cccc(NC(=O)CCCOc2cccc3ccccc23)c1. The highest BCUT2D eigenvalue weighted by Gasteiger charge is 2.07. The number of ether oxygens (including phenoxy) is 1. The first kappa shape index (κ1) is 20.4. The van der Waals surface area contributed by atoms with Crippen molar-refractivity contribution >= 4 is 28.3 Å². The summed E-state index contributed by atoms with van der Waals surface area (Å²) in [6.45, 7) is 2.52. The molecular formula is C24H26N2O3. The van der Waals surface area contributed by atoms with Crippen LogP contribution < -0.4 is 10.1 Å². The topological polar surface area (TPSA) is 58.6 Å². The third-order valence-electron chi connectivity index (χ3n) is 4.72. The number of hydrogen-bond acceptors (Lipinski definition) is 3. The first-order chi connectivity index (χ1) is 14.0. The standard InChI is InChI=1S/C24H26N2O3/c1-18(27)26(2)17-19-8-5-11-21(16-19)25-24(28)14-7-15-29-23-13-6-10-20-9-3-4-12-22(20)23/h3-6,8-13,16H,7,14-15,17H2,1-2H3,(H,25,28). The Morgan fingerprint density at radius 1 is 1.00 bits per heavy atom. The van der Waals surface area contributed by atoms with E-state index in [-0.39, 0.29) is 11.8 Å². The molecule has 1 N–H and O–H groups in total. The van der Waals surface area contributed by atoms with Gasteiger partial charge in [-0.3, -0.25) is 9.59 Å². The van der Waals surface area contributed by atoms with E-state index in [0.717, 1.165) is 27.8 Å². The van der Waals surface area contributed by atoms with E-state index in [2.05, 4.69) is 17.4 Å². The smallest absolute Gasteiger partial charge is 0.224 e. The number of nitrogens with one attached hydrogen (secondary N) is 1. The number of fused-ring (bicyclic) bond motifs is 1. The quantitative estimate of drug-likeness (QED) is 0.571. The normalized spacial score (nSPS) is 10.6. The zero-order chi connectivity index (χ0) is 20.6. The van der Waals surface area contributed by atoms with Gasteiger partial charge in [-0.2, -0.15) is 0 Å². The summed E-state index contributed by atoms with van der Waals surface area (Å²) in [6, 6.07) is 21.6. The maximum absolute atomic E-state index is 12.2. The monoisotopic (exact) mass is 390 g/mol. The molecule has 0 aliphatic heterocycles. The number of rotatable bonds is 8. The molecule has 0 aromatic heterocycles. The van der Waals surface area contributed by atoms with Crippen LogP contribution in [0.2, 0.25) is 0 Å². The number of hydrogen-bond donors (Lipinski definition) is 1. The Labute approximate surface area is 171 Å². The van der Waals surface area contributed by atoms with Crippen LogP contribution in [0.4, 0.5) is 5.69 Å². The van der Waals surface area contributed by atoms with Crippen LogP contribution in [0.1, 0.15) is 25.3 Å². The first-order valence-electron chi connectivity index (χ1n) is 9.74. The number of nitrogens with zero attached hydrogens (tertiary/aromatic N) is 1. The lowest BCUT2D eigenvalue weighted by Gasteiger charge is -2.15. The lowest BCUT2D eigenvalue weighted by Crippen LogP contribution is -2.23. The van der Waals surface area contributed by atoms with Gasteiger partial charge in [-0.05, 0) is 35.6 Å². The minimum Gasteiger partial charge on any atom is -0.493 e. The highest BCUT2D eigenvalue weighted by atomic mass is 16.5. The molecule has 3 aromatic carbocycles. The average Bonchev–Trinajstić information content (AvgIpc) is 2.71. The van der Waals surface area contributed by atoms with Crippen LogP contribution in [0.3, 0.4) is 0 Å². The Morgan fingerprint density at radius 3 is 2.59 bits per heavy atom. The largest absolute Gasteiger partial charge is 0.493 e. The van der Waals surface area contributed by atoms with Crippen molar-refractivity contribution in [3.63, 3.8) is 0 Å². The molecule has 0 saturated heterocycles. The van der Waals surface area contributed by atoms with Gasteiger partial charge in [0, 0.05) is 38.0 Å². The van der Waals surface area contributed by atoms with Crippen LogP contribution in [0, 0.1) is 0 Å². The Bertz CT molecular complexity index is 995. The molecule has 0 spiro atoms. The summed E-state index contributed by atoms with van der Waals surface area (Å²) in [7, 11) is 1.75. The van der Waals surface area contributed by atoms with Gasteiger partial charge in [0.2, 0.25) is 11.8 Å². The fourth-order valence-corrected chi connectivity index (χ4v) is 3.09. The van der Waals surface area contributed by atoms with Crippen molar-refractivity contribution in [3.05, 3.63) is 72.3 Å². The summed E-state index contributed by atoms with van der Waals surface area (Å²) in [5.41, 5.74) is 1.71. The zero-order valence-corrected chi connectivity index (χ0v) is 16.9. The molecular weight excluding hydrogens is 364 g/mol. The number of carbonyl (C=O) groups excluding carboxylic acids is 2. The van der Waals surface area contributed by atoms with Crippen LogP contribution in [-0.4, -0.2) is 30.4 Å². The summed E-state index contributed by atoms with van der Waals surface area (Å²) in [5.74, 6) is 0.792. The molecule has 3 aromatic rings. The van der Waals surface area contributed by atoms with Gasteiger partial charge in [-0.1, -0.05) is 48.5 Å². The third-order valence-corrected chi connectivity index (χ3v) is 4.72. The third kappa shape index (κ3) is 5.82. The number of amides is 2. The van der Waals surface area contributed by atoms with Crippen molar-refractivity contribution in [1.82, 2.24) is 4.90 Å². The molecule has 150 valence electrons. The molecule has 0 heterocycles. The van der Waals surface area contributed by atoms with Crippen molar-refractivity contribution in [2.45, 2.75) is 26.3 Å². The molecule has 0 atom stereocenters. The summed E-state index contributed by atoms with van der Waals surface area (Å²) >= 11 is 0. The molecule has 0 radical (unpaired) electrons. The Balaban J connectivity index is 1.47. The van der Waals surface area contributed by atoms with E-state index in [9.17, 15) is 9.59 Å². The molecule has 0 aliphatic carbocycles. The van der Waals surface area contributed by atoms with E-state index in [1.807, 2.05) is 54.6 Å². The Morgan fingerprint density at radius 2 is 1.76 bits per heavy atom. The molecule has 0 saturated carbocycles. The van der Waals surface area contributed by atoms with Crippen molar-refractivity contribution < 1.29 is 14.3 Å². The van der Waals surface area contributed by atoms with E-state index >= 15 is 0 Å². The molecule has 5 heteroatoms.